The van der Waals surface area contributed by atoms with Crippen LogP contribution in [-0.4, -0.2) is 34.0 Å². The molecule has 0 saturated carbocycles. The molecule has 7 nitrogen and oxygen atoms in total. The third kappa shape index (κ3) is 4.35. The van der Waals surface area contributed by atoms with E-state index in [-0.39, 0.29) is 0 Å². The molecule has 140 valence electrons. The number of anilines is 1. The van der Waals surface area contributed by atoms with E-state index in [1.54, 1.807) is 58.5 Å². The predicted molar refractivity (Wildman–Crippen MR) is 92.2 cm³/mol. The number of halogens is 3. The van der Waals surface area contributed by atoms with E-state index in [1.165, 1.54) is 0 Å². The van der Waals surface area contributed by atoms with Gasteiger partial charge < -0.3 is 16.4 Å². The molecule has 0 spiro atoms. The zero-order valence-electron chi connectivity index (χ0n) is 13.7. The lowest BCUT2D eigenvalue weighted by molar-refractivity contribution is -0.122. The summed E-state index contributed by atoms with van der Waals surface area (Å²) in [5.41, 5.74) is 7.72. The Hall–Kier alpha value is -3.56. The van der Waals surface area contributed by atoms with Gasteiger partial charge in [-0.05, 0) is 24.3 Å². The molecule has 10 heteroatoms. The van der Waals surface area contributed by atoms with Crippen molar-refractivity contribution in [3.63, 3.8) is 0 Å². The Balaban J connectivity index is 1.82. The first-order valence-corrected chi connectivity index (χ1v) is 7.72. The Morgan fingerprint density at radius 2 is 1.96 bits per heavy atom. The highest BCUT2D eigenvalue weighted by Gasteiger charge is 2.27. The van der Waals surface area contributed by atoms with Gasteiger partial charge in [-0.25, -0.2) is 9.78 Å². The fraction of sp³-hybridized carbons (Fsp3) is 0.118. The highest BCUT2D eigenvalue weighted by Crippen LogP contribution is 2.24. The van der Waals surface area contributed by atoms with Gasteiger partial charge in [-0.3, -0.25) is 9.20 Å². The van der Waals surface area contributed by atoms with Crippen molar-refractivity contribution in [2.24, 2.45) is 5.73 Å². The van der Waals surface area contributed by atoms with Gasteiger partial charge in [-0.2, -0.15) is 13.2 Å². The minimum atomic E-state index is -4.49. The van der Waals surface area contributed by atoms with Gasteiger partial charge >= 0.3 is 12.2 Å². The molecular formula is C17H14F3N5O2. The third-order valence-electron chi connectivity index (χ3n) is 3.66. The number of benzene rings is 1. The minimum Gasteiger partial charge on any atom is -0.366 e. The molecule has 0 aliphatic heterocycles. The number of hydrogen-bond acceptors (Lipinski definition) is 3. The fourth-order valence-corrected chi connectivity index (χ4v) is 2.46. The van der Waals surface area contributed by atoms with Crippen LogP contribution in [0.5, 0.6) is 0 Å². The van der Waals surface area contributed by atoms with Crippen LogP contribution in [0.4, 0.5) is 23.7 Å². The summed E-state index contributed by atoms with van der Waals surface area (Å²) in [5, 5.41) is 4.08. The number of primary amides is 1. The maximum Gasteiger partial charge on any atom is 0.405 e. The molecule has 0 radical (unpaired) electrons. The molecule has 0 fully saturated rings. The number of fused-ring (bicyclic) bond motifs is 1. The smallest absolute Gasteiger partial charge is 0.366 e. The highest BCUT2D eigenvalue weighted by molar-refractivity contribution is 5.94. The molecule has 0 atom stereocenters. The Morgan fingerprint density at radius 3 is 2.67 bits per heavy atom. The molecule has 1 aromatic carbocycles. The summed E-state index contributed by atoms with van der Waals surface area (Å²) < 4.78 is 38.2. The quantitative estimate of drug-likeness (QED) is 0.652. The van der Waals surface area contributed by atoms with Crippen molar-refractivity contribution in [1.29, 1.82) is 0 Å². The molecule has 27 heavy (non-hydrogen) atoms. The van der Waals surface area contributed by atoms with Crippen molar-refractivity contribution < 1.29 is 22.8 Å². The summed E-state index contributed by atoms with van der Waals surface area (Å²) in [6.45, 7) is -1.42. The van der Waals surface area contributed by atoms with Gasteiger partial charge in [-0.1, -0.05) is 12.1 Å². The second-order valence-corrected chi connectivity index (χ2v) is 5.65. The van der Waals surface area contributed by atoms with Gasteiger partial charge in [0, 0.05) is 23.0 Å². The average Bonchev–Trinajstić information content (AvgIpc) is 3.03. The van der Waals surface area contributed by atoms with Gasteiger partial charge in [0.25, 0.3) is 0 Å². The van der Waals surface area contributed by atoms with Gasteiger partial charge in [0.15, 0.2) is 0 Å². The number of rotatable bonds is 4. The van der Waals surface area contributed by atoms with Crippen molar-refractivity contribution in [3.05, 3.63) is 54.4 Å². The van der Waals surface area contributed by atoms with Crippen molar-refractivity contribution >= 4 is 23.3 Å². The number of nitrogens with zero attached hydrogens (tertiary/aromatic N) is 2. The Bertz CT molecular complexity index is 1010. The zero-order chi connectivity index (χ0) is 19.6. The molecule has 2 aromatic heterocycles. The lowest BCUT2D eigenvalue weighted by Gasteiger charge is -2.10. The van der Waals surface area contributed by atoms with Crippen LogP contribution in [0.1, 0.15) is 10.4 Å². The fourth-order valence-electron chi connectivity index (χ4n) is 2.46. The van der Waals surface area contributed by atoms with E-state index in [4.69, 9.17) is 5.73 Å². The van der Waals surface area contributed by atoms with Gasteiger partial charge in [0.2, 0.25) is 5.91 Å². The SMILES string of the molecule is NC(=O)c1ccn2c(-c3cccc(NC(=O)NCC(F)(F)F)c3)cnc2c1. The van der Waals surface area contributed by atoms with Crippen molar-refractivity contribution in [3.8, 4) is 11.3 Å². The van der Waals surface area contributed by atoms with Crippen LogP contribution in [0.3, 0.4) is 0 Å². The number of alkyl halides is 3. The van der Waals surface area contributed by atoms with E-state index in [0.29, 0.717) is 28.2 Å². The first-order chi connectivity index (χ1) is 12.7. The summed E-state index contributed by atoms with van der Waals surface area (Å²) in [6, 6.07) is 8.67. The van der Waals surface area contributed by atoms with Crippen LogP contribution in [0, 0.1) is 0 Å². The maximum atomic E-state index is 12.2. The normalized spacial score (nSPS) is 11.4. The van der Waals surface area contributed by atoms with E-state index < -0.39 is 24.7 Å². The third-order valence-corrected chi connectivity index (χ3v) is 3.66. The number of hydrogen-bond donors (Lipinski definition) is 3. The molecule has 0 saturated heterocycles. The molecule has 4 N–H and O–H groups in total. The van der Waals surface area contributed by atoms with Gasteiger partial charge in [-0.15, -0.1) is 0 Å². The summed E-state index contributed by atoms with van der Waals surface area (Å²) in [4.78, 5) is 27.1. The summed E-state index contributed by atoms with van der Waals surface area (Å²) >= 11 is 0. The molecule has 0 unspecified atom stereocenters. The Kier molecular flexibility index (Phi) is 4.72. The molecule has 2 heterocycles. The van der Waals surface area contributed by atoms with E-state index in [0.717, 1.165) is 0 Å². The largest absolute Gasteiger partial charge is 0.405 e. The van der Waals surface area contributed by atoms with E-state index in [9.17, 15) is 22.8 Å². The number of imidazole rings is 1. The van der Waals surface area contributed by atoms with Crippen LogP contribution in [0.25, 0.3) is 16.9 Å². The van der Waals surface area contributed by atoms with Gasteiger partial charge in [0.05, 0.1) is 11.9 Å². The van der Waals surface area contributed by atoms with Crippen LogP contribution in [0.2, 0.25) is 0 Å². The number of amides is 3. The van der Waals surface area contributed by atoms with Crippen LogP contribution in [0.15, 0.2) is 48.8 Å². The van der Waals surface area contributed by atoms with Crippen molar-refractivity contribution in [1.82, 2.24) is 14.7 Å². The van der Waals surface area contributed by atoms with Gasteiger partial charge in [0.1, 0.15) is 12.2 Å². The lowest BCUT2D eigenvalue weighted by atomic mass is 10.1. The first kappa shape index (κ1) is 18.2. The molecular weight excluding hydrogens is 363 g/mol. The lowest BCUT2D eigenvalue weighted by Crippen LogP contribution is -2.36. The summed E-state index contributed by atoms with van der Waals surface area (Å²) in [6.07, 6.45) is -1.28. The number of pyridine rings is 1. The predicted octanol–water partition coefficient (Wildman–Crippen LogP) is 2.78. The maximum absolute atomic E-state index is 12.2. The second-order valence-electron chi connectivity index (χ2n) is 5.65. The first-order valence-electron chi connectivity index (χ1n) is 7.72. The number of aromatic nitrogens is 2. The molecule has 0 aliphatic carbocycles. The van der Waals surface area contributed by atoms with Crippen LogP contribution >= 0.6 is 0 Å². The standard InChI is InChI=1S/C17H14F3N5O2/c18-17(19,20)9-23-16(27)24-12-3-1-2-10(6-12)13-8-22-14-7-11(15(21)26)4-5-25(13)14/h1-8H,9H2,(H2,21,26)(H2,23,24,27). The van der Waals surface area contributed by atoms with Crippen LogP contribution < -0.4 is 16.4 Å². The zero-order valence-corrected chi connectivity index (χ0v) is 13.7. The summed E-state index contributed by atoms with van der Waals surface area (Å²) in [7, 11) is 0. The monoisotopic (exact) mass is 377 g/mol. The molecule has 3 rings (SSSR count). The highest BCUT2D eigenvalue weighted by atomic mass is 19.4. The molecule has 3 aromatic rings. The van der Waals surface area contributed by atoms with Crippen LogP contribution in [-0.2, 0) is 0 Å². The number of urea groups is 1. The number of nitrogens with one attached hydrogen (secondary N) is 2. The Morgan fingerprint density at radius 1 is 1.19 bits per heavy atom. The molecule has 0 bridgehead atoms. The van der Waals surface area contributed by atoms with E-state index >= 15 is 0 Å². The Labute approximate surface area is 151 Å². The number of nitrogens with two attached hydrogens (primary N) is 1. The van der Waals surface area contributed by atoms with E-state index in [1.807, 2.05) is 0 Å². The summed E-state index contributed by atoms with van der Waals surface area (Å²) in [5.74, 6) is -0.571. The minimum absolute atomic E-state index is 0.316. The number of carbonyl (C=O) groups is 2. The van der Waals surface area contributed by atoms with Crippen molar-refractivity contribution in [2.45, 2.75) is 6.18 Å². The molecule has 3 amide bonds. The van der Waals surface area contributed by atoms with E-state index in [2.05, 4.69) is 10.3 Å². The van der Waals surface area contributed by atoms with Crippen molar-refractivity contribution in [2.75, 3.05) is 11.9 Å². The topological polar surface area (TPSA) is 102 Å². The number of carbonyl (C=O) groups excluding carboxylic acids is 2. The second kappa shape index (κ2) is 6.98. The molecule has 0 aliphatic rings. The average molecular weight is 377 g/mol.